The summed E-state index contributed by atoms with van der Waals surface area (Å²) in [6.45, 7) is 3.43. The Balaban J connectivity index is 1.48. The molecule has 0 aromatic carbocycles. The number of aromatic carboxylic acids is 1. The zero-order valence-corrected chi connectivity index (χ0v) is 25.2. The molecule has 1 aliphatic heterocycles. The summed E-state index contributed by atoms with van der Waals surface area (Å²) < 4.78 is 16.1. The molecule has 41 heavy (non-hydrogen) atoms. The van der Waals surface area contributed by atoms with Crippen LogP contribution in [0.3, 0.4) is 0 Å². The summed E-state index contributed by atoms with van der Waals surface area (Å²) in [4.78, 5) is 43.3. The van der Waals surface area contributed by atoms with Gasteiger partial charge < -0.3 is 39.8 Å². The smallest absolute Gasteiger partial charge is 0.348 e. The van der Waals surface area contributed by atoms with Crippen LogP contribution < -0.4 is 15.5 Å². The minimum Gasteiger partial charge on any atom is -0.477 e. The molecule has 0 saturated carbocycles. The number of piperidine rings is 1. The first-order chi connectivity index (χ1) is 19.7. The van der Waals surface area contributed by atoms with Crippen LogP contribution in [-0.2, 0) is 14.2 Å². The second-order valence-corrected chi connectivity index (χ2v) is 11.1. The van der Waals surface area contributed by atoms with Gasteiger partial charge in [-0.3, -0.25) is 4.79 Å². The molecule has 13 nitrogen and oxygen atoms in total. The van der Waals surface area contributed by atoms with Gasteiger partial charge in [0.05, 0.1) is 53.8 Å². The number of hydrogen-bond donors (Lipinski definition) is 4. The highest BCUT2D eigenvalue weighted by atomic mass is 35.5. The van der Waals surface area contributed by atoms with E-state index in [2.05, 4.69) is 30.6 Å². The van der Waals surface area contributed by atoms with E-state index in [1.54, 1.807) is 28.3 Å². The first kappa shape index (κ1) is 30.9. The number of carbonyl (C=O) groups excluding carboxylic acids is 1. The van der Waals surface area contributed by atoms with Crippen molar-refractivity contribution in [1.29, 1.82) is 0 Å². The number of carboxylic acid groups (broad SMARTS) is 1. The number of amides is 1. The number of carboxylic acids is 1. The van der Waals surface area contributed by atoms with Crippen molar-refractivity contribution in [2.24, 2.45) is 0 Å². The molecule has 1 amide bonds. The summed E-state index contributed by atoms with van der Waals surface area (Å²) in [6.07, 6.45) is 3.12. The summed E-state index contributed by atoms with van der Waals surface area (Å²) >= 11 is 13.4. The second-order valence-electron chi connectivity index (χ2n) is 9.36. The number of aromatic nitrogens is 4. The van der Waals surface area contributed by atoms with E-state index in [1.807, 2.05) is 4.90 Å². The fourth-order valence-corrected chi connectivity index (χ4v) is 5.86. The Morgan fingerprint density at radius 1 is 1.20 bits per heavy atom. The van der Waals surface area contributed by atoms with Gasteiger partial charge in [0.1, 0.15) is 27.8 Å². The number of carbonyl (C=O) groups is 2. The van der Waals surface area contributed by atoms with Gasteiger partial charge in [0.25, 0.3) is 5.91 Å². The molecule has 0 radical (unpaired) electrons. The molecular formula is C25H31Cl2N7O6S. The predicted molar refractivity (Wildman–Crippen MR) is 156 cm³/mol. The maximum absolute atomic E-state index is 12.9. The van der Waals surface area contributed by atoms with Gasteiger partial charge in [-0.1, -0.05) is 34.5 Å². The van der Waals surface area contributed by atoms with Gasteiger partial charge in [-0.2, -0.15) is 0 Å². The number of rotatable bonds is 12. The lowest BCUT2D eigenvalue weighted by Crippen LogP contribution is -2.55. The molecule has 4 N–H and O–H groups in total. The van der Waals surface area contributed by atoms with Gasteiger partial charge >= 0.3 is 5.97 Å². The van der Waals surface area contributed by atoms with Crippen molar-refractivity contribution in [3.05, 3.63) is 38.7 Å². The molecule has 16 heteroatoms. The number of hydrogen-bond acceptors (Lipinski definition) is 11. The summed E-state index contributed by atoms with van der Waals surface area (Å²) in [5.74, 6) is -1.01. The number of aromatic amines is 1. The molecule has 1 saturated heterocycles. The number of nitrogens with zero attached hydrogens (tertiary/aromatic N) is 4. The van der Waals surface area contributed by atoms with Gasteiger partial charge in [-0.15, -0.1) is 0 Å². The van der Waals surface area contributed by atoms with Gasteiger partial charge in [-0.25, -0.2) is 19.7 Å². The van der Waals surface area contributed by atoms with Crippen LogP contribution in [0.5, 0.6) is 0 Å². The highest BCUT2D eigenvalue weighted by molar-refractivity contribution is 7.17. The lowest BCUT2D eigenvalue weighted by Gasteiger charge is -2.37. The van der Waals surface area contributed by atoms with Crippen LogP contribution in [0.1, 0.15) is 32.3 Å². The van der Waals surface area contributed by atoms with Crippen LogP contribution in [0.4, 0.5) is 10.9 Å². The van der Waals surface area contributed by atoms with Crippen molar-refractivity contribution >= 4 is 57.4 Å². The van der Waals surface area contributed by atoms with Gasteiger partial charge in [0.15, 0.2) is 5.13 Å². The van der Waals surface area contributed by atoms with E-state index in [-0.39, 0.29) is 39.3 Å². The average Bonchev–Trinajstić information content (AvgIpc) is 3.52. The SMILES string of the molecule is COCC(COC)Nc1cnc(-c2nc(N3CC[C@@H](NC(=O)c4[nH]c(C)c(Cl)c4Cl)[C@@H](OC)C3)sc2C(=O)O)cn1. The molecule has 1 aliphatic rings. The van der Waals surface area contributed by atoms with E-state index in [4.69, 9.17) is 37.4 Å². The Kier molecular flexibility index (Phi) is 10.4. The summed E-state index contributed by atoms with van der Waals surface area (Å²) in [6, 6.07) is -0.444. The number of thiazole rings is 1. The third-order valence-corrected chi connectivity index (χ3v) is 8.57. The molecule has 0 spiro atoms. The Morgan fingerprint density at radius 3 is 2.49 bits per heavy atom. The topological polar surface area (TPSA) is 164 Å². The van der Waals surface area contributed by atoms with Crippen molar-refractivity contribution in [3.8, 4) is 11.4 Å². The maximum atomic E-state index is 12.9. The van der Waals surface area contributed by atoms with Crippen LogP contribution in [0.2, 0.25) is 10.0 Å². The molecule has 3 aromatic rings. The zero-order valence-electron chi connectivity index (χ0n) is 22.9. The molecule has 1 fully saturated rings. The Bertz CT molecular complexity index is 1360. The van der Waals surface area contributed by atoms with Crippen molar-refractivity contribution in [2.75, 3.05) is 57.8 Å². The molecular weight excluding hydrogens is 597 g/mol. The van der Waals surface area contributed by atoms with E-state index >= 15 is 0 Å². The lowest BCUT2D eigenvalue weighted by molar-refractivity contribution is 0.0540. The minimum atomic E-state index is -1.12. The van der Waals surface area contributed by atoms with Gasteiger partial charge in [-0.05, 0) is 13.3 Å². The van der Waals surface area contributed by atoms with E-state index in [0.717, 1.165) is 11.3 Å². The molecule has 2 atom stereocenters. The third-order valence-electron chi connectivity index (χ3n) is 6.52. The van der Waals surface area contributed by atoms with Crippen molar-refractivity contribution in [2.45, 2.75) is 31.5 Å². The van der Waals surface area contributed by atoms with Crippen LogP contribution in [0.25, 0.3) is 11.4 Å². The molecule has 0 aliphatic carbocycles. The molecule has 4 heterocycles. The quantitative estimate of drug-likeness (QED) is 0.233. The zero-order chi connectivity index (χ0) is 29.7. The van der Waals surface area contributed by atoms with Crippen LogP contribution in [-0.4, -0.2) is 103 Å². The lowest BCUT2D eigenvalue weighted by atomic mass is 10.0. The number of anilines is 2. The fourth-order valence-electron chi connectivity index (χ4n) is 4.49. The number of ether oxygens (including phenoxy) is 3. The summed E-state index contributed by atoms with van der Waals surface area (Å²) in [5.41, 5.74) is 1.34. The van der Waals surface area contributed by atoms with Crippen LogP contribution >= 0.6 is 34.5 Å². The number of nitrogens with one attached hydrogen (secondary N) is 3. The summed E-state index contributed by atoms with van der Waals surface area (Å²) in [7, 11) is 4.74. The molecule has 0 unspecified atom stereocenters. The number of halogens is 2. The van der Waals surface area contributed by atoms with E-state index in [9.17, 15) is 14.7 Å². The minimum absolute atomic E-state index is 0.0460. The Hall–Kier alpha value is -3.01. The van der Waals surface area contributed by atoms with E-state index in [1.165, 1.54) is 12.4 Å². The first-order valence-corrected chi connectivity index (χ1v) is 14.2. The number of H-pyrrole nitrogens is 1. The molecule has 4 rings (SSSR count). The number of methoxy groups -OCH3 is 3. The van der Waals surface area contributed by atoms with Crippen molar-refractivity contribution < 1.29 is 28.9 Å². The van der Waals surface area contributed by atoms with Crippen LogP contribution in [0.15, 0.2) is 12.4 Å². The highest BCUT2D eigenvalue weighted by Gasteiger charge is 2.34. The highest BCUT2D eigenvalue weighted by Crippen LogP contribution is 2.34. The predicted octanol–water partition coefficient (Wildman–Crippen LogP) is 3.34. The van der Waals surface area contributed by atoms with E-state index in [0.29, 0.717) is 60.1 Å². The third kappa shape index (κ3) is 7.08. The first-order valence-electron chi connectivity index (χ1n) is 12.6. The van der Waals surface area contributed by atoms with Gasteiger partial charge in [0.2, 0.25) is 0 Å². The van der Waals surface area contributed by atoms with Gasteiger partial charge in [0, 0.05) is 40.1 Å². The monoisotopic (exact) mass is 627 g/mol. The second kappa shape index (κ2) is 13.8. The standard InChI is InChI=1S/C25H31Cl2N7O6S/c1-12-18(26)19(27)21(30-12)23(35)32-14-5-6-34(9-16(14)40-4)25-33-20(22(41-25)24(36)37)15-7-29-17(8-28-15)31-13(10-38-2)11-39-3/h7-8,13-14,16,30H,5-6,9-11H2,1-4H3,(H,29,31)(H,32,35)(H,36,37)/t14-,16+/m1/s1. The molecule has 0 bridgehead atoms. The van der Waals surface area contributed by atoms with Crippen molar-refractivity contribution in [1.82, 2.24) is 25.3 Å². The molecule has 3 aromatic heterocycles. The molecule has 222 valence electrons. The van der Waals surface area contributed by atoms with Crippen molar-refractivity contribution in [3.63, 3.8) is 0 Å². The Labute approximate surface area is 250 Å². The van der Waals surface area contributed by atoms with E-state index < -0.39 is 12.1 Å². The van der Waals surface area contributed by atoms with Crippen LogP contribution in [0, 0.1) is 6.92 Å². The normalized spacial score (nSPS) is 17.2. The maximum Gasteiger partial charge on any atom is 0.348 e. The average molecular weight is 629 g/mol. The largest absolute Gasteiger partial charge is 0.477 e. The summed E-state index contributed by atoms with van der Waals surface area (Å²) in [5, 5.41) is 17.0. The Morgan fingerprint density at radius 2 is 1.93 bits per heavy atom. The fraction of sp³-hybridized carbons (Fsp3) is 0.480. The number of aryl methyl sites for hydroxylation is 1.